The fraction of sp³-hybridized carbons (Fsp3) is 0.278. The van der Waals surface area contributed by atoms with Crippen molar-refractivity contribution in [2.75, 3.05) is 7.05 Å². The van der Waals surface area contributed by atoms with E-state index in [1.807, 2.05) is 13.1 Å². The average Bonchev–Trinajstić information content (AvgIpc) is 2.81. The van der Waals surface area contributed by atoms with Gasteiger partial charge >= 0.3 is 0 Å². The molecular formula is C18H21N3. The van der Waals surface area contributed by atoms with Gasteiger partial charge < -0.3 is 9.88 Å². The molecular weight excluding hydrogens is 258 g/mol. The van der Waals surface area contributed by atoms with E-state index in [2.05, 4.69) is 66.3 Å². The first kappa shape index (κ1) is 13.8. The van der Waals surface area contributed by atoms with E-state index in [4.69, 9.17) is 4.98 Å². The largest absolute Gasteiger partial charge is 0.331 e. The Hall–Kier alpha value is -2.13. The Kier molecular flexibility index (Phi) is 3.76. The second-order valence-corrected chi connectivity index (χ2v) is 5.54. The number of hydrogen-bond donors (Lipinski definition) is 1. The lowest BCUT2D eigenvalue weighted by molar-refractivity contribution is 0.565. The molecule has 0 saturated carbocycles. The predicted molar refractivity (Wildman–Crippen MR) is 87.4 cm³/mol. The van der Waals surface area contributed by atoms with Crippen LogP contribution >= 0.6 is 0 Å². The summed E-state index contributed by atoms with van der Waals surface area (Å²) in [6.45, 7) is 2.13. The van der Waals surface area contributed by atoms with Gasteiger partial charge in [-0.2, -0.15) is 0 Å². The normalized spacial score (nSPS) is 12.7. The molecule has 0 spiro atoms. The van der Waals surface area contributed by atoms with E-state index in [0.717, 1.165) is 17.8 Å². The lowest BCUT2D eigenvalue weighted by Gasteiger charge is -2.17. The fourth-order valence-corrected chi connectivity index (χ4v) is 2.83. The van der Waals surface area contributed by atoms with Crippen LogP contribution < -0.4 is 5.32 Å². The zero-order chi connectivity index (χ0) is 14.8. The topological polar surface area (TPSA) is 29.9 Å². The summed E-state index contributed by atoms with van der Waals surface area (Å²) in [4.78, 5) is 4.77. The minimum atomic E-state index is 0.278. The summed E-state index contributed by atoms with van der Waals surface area (Å²) in [6, 6.07) is 17.2. The lowest BCUT2D eigenvalue weighted by atomic mass is 10.0. The Morgan fingerprint density at radius 2 is 1.95 bits per heavy atom. The molecule has 21 heavy (non-hydrogen) atoms. The van der Waals surface area contributed by atoms with Gasteiger partial charge in [0.05, 0.1) is 11.0 Å². The van der Waals surface area contributed by atoms with Crippen molar-refractivity contribution in [1.82, 2.24) is 14.9 Å². The highest BCUT2D eigenvalue weighted by Gasteiger charge is 2.15. The van der Waals surface area contributed by atoms with E-state index in [-0.39, 0.29) is 6.04 Å². The molecule has 3 nitrogen and oxygen atoms in total. The van der Waals surface area contributed by atoms with Crippen molar-refractivity contribution in [2.24, 2.45) is 7.05 Å². The summed E-state index contributed by atoms with van der Waals surface area (Å²) in [5, 5.41) is 3.41. The second kappa shape index (κ2) is 5.70. The standard InChI is InChI=1S/C18H21N3/c1-13-7-6-8-14(11-13)16(19-2)12-18-20-15-9-4-5-10-17(15)21(18)3/h4-11,16,19H,12H2,1-3H3. The van der Waals surface area contributed by atoms with Crippen molar-refractivity contribution in [3.63, 3.8) is 0 Å². The van der Waals surface area contributed by atoms with E-state index in [9.17, 15) is 0 Å². The maximum atomic E-state index is 4.77. The number of likely N-dealkylation sites (N-methyl/N-ethyl adjacent to an activating group) is 1. The van der Waals surface area contributed by atoms with Crippen LogP contribution in [0.3, 0.4) is 0 Å². The van der Waals surface area contributed by atoms with E-state index in [0.29, 0.717) is 0 Å². The van der Waals surface area contributed by atoms with Crippen LogP contribution in [0.5, 0.6) is 0 Å². The molecule has 3 rings (SSSR count). The van der Waals surface area contributed by atoms with Gasteiger partial charge in [-0.25, -0.2) is 4.98 Å². The van der Waals surface area contributed by atoms with Crippen LogP contribution in [0, 0.1) is 6.92 Å². The highest BCUT2D eigenvalue weighted by atomic mass is 15.1. The number of hydrogen-bond acceptors (Lipinski definition) is 2. The Morgan fingerprint density at radius 1 is 1.14 bits per heavy atom. The molecule has 0 bridgehead atoms. The van der Waals surface area contributed by atoms with Crippen molar-refractivity contribution in [2.45, 2.75) is 19.4 Å². The predicted octanol–water partition coefficient (Wildman–Crippen LogP) is 3.38. The number of nitrogens with zero attached hydrogens (tertiary/aromatic N) is 2. The van der Waals surface area contributed by atoms with Gasteiger partial charge in [0.15, 0.2) is 0 Å². The molecule has 1 atom stereocenters. The number of nitrogens with one attached hydrogen (secondary N) is 1. The molecule has 1 heterocycles. The Morgan fingerprint density at radius 3 is 2.67 bits per heavy atom. The minimum absolute atomic E-state index is 0.278. The van der Waals surface area contributed by atoms with Gasteiger partial charge in [0.2, 0.25) is 0 Å². The summed E-state index contributed by atoms with van der Waals surface area (Å²) in [5.74, 6) is 1.11. The lowest BCUT2D eigenvalue weighted by Crippen LogP contribution is -2.20. The SMILES string of the molecule is CNC(Cc1nc2ccccc2n1C)c1cccc(C)c1. The third-order valence-electron chi connectivity index (χ3n) is 4.06. The van der Waals surface area contributed by atoms with Gasteiger partial charge in [-0.1, -0.05) is 42.0 Å². The van der Waals surface area contributed by atoms with Crippen LogP contribution in [0.1, 0.15) is 23.0 Å². The first-order chi connectivity index (χ1) is 10.2. The highest BCUT2D eigenvalue weighted by Crippen LogP contribution is 2.21. The zero-order valence-electron chi connectivity index (χ0n) is 12.8. The van der Waals surface area contributed by atoms with Crippen LogP contribution in [0.4, 0.5) is 0 Å². The molecule has 1 aromatic heterocycles. The molecule has 0 aliphatic rings. The number of benzene rings is 2. The van der Waals surface area contributed by atoms with E-state index in [1.54, 1.807) is 0 Å². The molecule has 0 radical (unpaired) electrons. The molecule has 0 amide bonds. The molecule has 1 unspecified atom stereocenters. The molecule has 3 aromatic rings. The van der Waals surface area contributed by atoms with Crippen molar-refractivity contribution >= 4 is 11.0 Å². The summed E-state index contributed by atoms with van der Waals surface area (Å²) in [5.41, 5.74) is 4.85. The summed E-state index contributed by atoms with van der Waals surface area (Å²) in [6.07, 6.45) is 0.880. The van der Waals surface area contributed by atoms with Crippen LogP contribution in [-0.4, -0.2) is 16.6 Å². The number of aromatic nitrogens is 2. The maximum Gasteiger partial charge on any atom is 0.111 e. The molecule has 0 aliphatic carbocycles. The first-order valence-corrected chi connectivity index (χ1v) is 7.33. The molecule has 0 fully saturated rings. The molecule has 3 heteroatoms. The van der Waals surface area contributed by atoms with Crippen molar-refractivity contribution in [3.8, 4) is 0 Å². The summed E-state index contributed by atoms with van der Waals surface area (Å²) < 4.78 is 2.19. The third kappa shape index (κ3) is 2.69. The monoisotopic (exact) mass is 279 g/mol. The van der Waals surface area contributed by atoms with Crippen LogP contribution in [0.15, 0.2) is 48.5 Å². The first-order valence-electron chi connectivity index (χ1n) is 7.33. The number of fused-ring (bicyclic) bond motifs is 1. The van der Waals surface area contributed by atoms with E-state index >= 15 is 0 Å². The summed E-state index contributed by atoms with van der Waals surface area (Å²) in [7, 11) is 4.10. The van der Waals surface area contributed by atoms with Crippen LogP contribution in [0.2, 0.25) is 0 Å². The maximum absolute atomic E-state index is 4.77. The van der Waals surface area contributed by atoms with Gasteiger partial charge in [0, 0.05) is 19.5 Å². The number of aryl methyl sites for hydroxylation is 2. The van der Waals surface area contributed by atoms with Gasteiger partial charge in [-0.15, -0.1) is 0 Å². The van der Waals surface area contributed by atoms with Crippen LogP contribution in [0.25, 0.3) is 11.0 Å². The second-order valence-electron chi connectivity index (χ2n) is 5.54. The molecule has 0 saturated heterocycles. The van der Waals surface area contributed by atoms with Gasteiger partial charge in [-0.05, 0) is 31.7 Å². The fourth-order valence-electron chi connectivity index (χ4n) is 2.83. The van der Waals surface area contributed by atoms with E-state index < -0.39 is 0 Å². The number of imidazole rings is 1. The van der Waals surface area contributed by atoms with Crippen molar-refractivity contribution in [1.29, 1.82) is 0 Å². The quantitative estimate of drug-likeness (QED) is 0.793. The summed E-state index contributed by atoms with van der Waals surface area (Å²) >= 11 is 0. The Bertz CT molecular complexity index is 758. The molecule has 108 valence electrons. The van der Waals surface area contributed by atoms with Gasteiger partial charge in [0.25, 0.3) is 0 Å². The zero-order valence-corrected chi connectivity index (χ0v) is 12.8. The Balaban J connectivity index is 1.94. The molecule has 0 aliphatic heterocycles. The number of para-hydroxylation sites is 2. The average molecular weight is 279 g/mol. The Labute approximate surface area is 125 Å². The van der Waals surface area contributed by atoms with Crippen molar-refractivity contribution < 1.29 is 0 Å². The third-order valence-corrected chi connectivity index (χ3v) is 4.06. The van der Waals surface area contributed by atoms with Gasteiger partial charge in [-0.3, -0.25) is 0 Å². The number of rotatable bonds is 4. The molecule has 1 N–H and O–H groups in total. The molecule has 2 aromatic carbocycles. The van der Waals surface area contributed by atoms with E-state index in [1.165, 1.54) is 16.6 Å². The van der Waals surface area contributed by atoms with Crippen molar-refractivity contribution in [3.05, 3.63) is 65.5 Å². The smallest absolute Gasteiger partial charge is 0.111 e. The minimum Gasteiger partial charge on any atom is -0.331 e. The van der Waals surface area contributed by atoms with Crippen LogP contribution in [-0.2, 0) is 13.5 Å². The highest BCUT2D eigenvalue weighted by molar-refractivity contribution is 5.75. The van der Waals surface area contributed by atoms with Gasteiger partial charge in [0.1, 0.15) is 5.82 Å².